The van der Waals surface area contributed by atoms with Crippen molar-refractivity contribution in [2.24, 2.45) is 0 Å². The number of amides is 1. The molecule has 3 rings (SSSR count). The number of ketones is 1. The molecule has 0 saturated carbocycles. The van der Waals surface area contributed by atoms with E-state index in [1.807, 2.05) is 24.3 Å². The zero-order valence-corrected chi connectivity index (χ0v) is 14.5. The van der Waals surface area contributed by atoms with Gasteiger partial charge in [-0.05, 0) is 35.9 Å². The fraction of sp³-hybridized carbons (Fsp3) is 0.0667. The molecule has 0 unspecified atom stereocenters. The molecular weight excluding hydrogens is 329 g/mol. The van der Waals surface area contributed by atoms with Gasteiger partial charge in [-0.15, -0.1) is 0 Å². The summed E-state index contributed by atoms with van der Waals surface area (Å²) in [7, 11) is 0. The van der Waals surface area contributed by atoms with E-state index in [1.54, 1.807) is 18.2 Å². The van der Waals surface area contributed by atoms with Gasteiger partial charge in [-0.1, -0.05) is 28.1 Å². The van der Waals surface area contributed by atoms with Crippen LogP contribution in [0.2, 0.25) is 0 Å². The summed E-state index contributed by atoms with van der Waals surface area (Å²) in [6, 6.07) is 12.6. The summed E-state index contributed by atoms with van der Waals surface area (Å²) in [5, 5.41) is 2.76. The van der Waals surface area contributed by atoms with Gasteiger partial charge in [0.05, 0.1) is 12.1 Å². The molecule has 0 bridgehead atoms. The molecule has 1 aliphatic rings. The summed E-state index contributed by atoms with van der Waals surface area (Å²) in [6.45, 7) is 0. The molecule has 20 heavy (non-hydrogen) atoms. The molecule has 5 heteroatoms. The Kier molecular flexibility index (Phi) is 4.81. The van der Waals surface area contributed by atoms with Crippen LogP contribution in [0, 0.1) is 0 Å². The average Bonchev–Trinajstić information content (AvgIpc) is 2.78. The van der Waals surface area contributed by atoms with Crippen LogP contribution in [-0.2, 0) is 11.2 Å². The third kappa shape index (κ3) is 2.88. The third-order valence-corrected chi connectivity index (χ3v) is 3.65. The van der Waals surface area contributed by atoms with Crippen molar-refractivity contribution in [3.05, 3.63) is 63.6 Å². The Bertz CT molecular complexity index is 689. The van der Waals surface area contributed by atoms with Gasteiger partial charge < -0.3 is 6.74 Å². The van der Waals surface area contributed by atoms with Crippen molar-refractivity contribution in [3.8, 4) is 0 Å². The van der Waals surface area contributed by atoms with Gasteiger partial charge in [0.1, 0.15) is 0 Å². The number of hydrogen-bond acceptors (Lipinski definition) is 2. The van der Waals surface area contributed by atoms with Gasteiger partial charge >= 0.3 is 29.6 Å². The van der Waals surface area contributed by atoms with Crippen LogP contribution in [0.1, 0.15) is 22.9 Å². The maximum absolute atomic E-state index is 12.5. The van der Waals surface area contributed by atoms with Gasteiger partial charge in [0.2, 0.25) is 5.91 Å². The largest absolute Gasteiger partial charge is 1.00 e. The molecule has 0 aliphatic carbocycles. The Morgan fingerprint density at radius 3 is 2.55 bits per heavy atom. The fourth-order valence-electron chi connectivity index (χ4n) is 2.20. The van der Waals surface area contributed by atoms with Crippen molar-refractivity contribution >= 4 is 33.3 Å². The average molecular weight is 340 g/mol. The number of nitrogens with one attached hydrogen (secondary N) is 1. The first-order valence-electron chi connectivity index (χ1n) is 5.87. The van der Waals surface area contributed by atoms with E-state index < -0.39 is 0 Å². The number of anilines is 1. The second-order valence-electron chi connectivity index (χ2n) is 4.40. The summed E-state index contributed by atoms with van der Waals surface area (Å²) < 4.78 is 0.927. The van der Waals surface area contributed by atoms with Crippen molar-refractivity contribution in [2.75, 3.05) is 5.32 Å². The number of para-hydroxylation sites is 1. The normalized spacial score (nSPS) is 12.3. The monoisotopic (exact) mass is 339 g/mol. The van der Waals surface area contributed by atoms with Crippen LogP contribution in [0.5, 0.6) is 0 Å². The number of rotatable bonds is 2. The first-order chi connectivity index (χ1) is 9.15. The molecule has 3 nitrogen and oxygen atoms in total. The van der Waals surface area contributed by atoms with E-state index in [-0.39, 0.29) is 42.7 Å². The molecule has 96 valence electrons. The smallest absolute Gasteiger partial charge is 1.00 e. The van der Waals surface area contributed by atoms with E-state index in [9.17, 15) is 9.59 Å². The summed E-state index contributed by atoms with van der Waals surface area (Å²) in [5.74, 6) is -0.141. The van der Waals surface area contributed by atoms with E-state index in [4.69, 9.17) is 0 Å². The molecule has 0 aromatic heterocycles. The van der Waals surface area contributed by atoms with Crippen LogP contribution >= 0.6 is 15.9 Å². The van der Waals surface area contributed by atoms with E-state index >= 15 is 0 Å². The molecule has 1 N–H and O–H groups in total. The number of benzene rings is 2. The van der Waals surface area contributed by atoms with Gasteiger partial charge in [-0.25, -0.2) is 0 Å². The fourth-order valence-corrected chi connectivity index (χ4v) is 2.46. The second kappa shape index (κ2) is 6.22. The molecule has 0 atom stereocenters. The molecule has 0 radical (unpaired) electrons. The standard InChI is InChI=1S/C15H10BrNO2.Na.H/c16-11-6-4-9(5-7-11)15(19)12-3-1-2-10-8-13(18)17-14(10)12;;/h1-7H,8H2,(H,17,18);;/q;+1;-1. The minimum Gasteiger partial charge on any atom is -1.00 e. The van der Waals surface area contributed by atoms with Crippen molar-refractivity contribution in [3.63, 3.8) is 0 Å². The summed E-state index contributed by atoms with van der Waals surface area (Å²) in [4.78, 5) is 23.9. The van der Waals surface area contributed by atoms with E-state index in [0.29, 0.717) is 23.2 Å². The quantitative estimate of drug-likeness (QED) is 0.631. The Balaban J connectivity index is 0.00000110. The molecule has 0 fully saturated rings. The predicted molar refractivity (Wildman–Crippen MR) is 77.5 cm³/mol. The summed E-state index contributed by atoms with van der Waals surface area (Å²) in [6.07, 6.45) is 0.344. The van der Waals surface area contributed by atoms with Gasteiger partial charge in [0, 0.05) is 15.6 Å². The third-order valence-electron chi connectivity index (χ3n) is 3.12. The first-order valence-corrected chi connectivity index (χ1v) is 6.66. The molecule has 0 spiro atoms. The zero-order chi connectivity index (χ0) is 13.4. The zero-order valence-electron chi connectivity index (χ0n) is 11.9. The van der Waals surface area contributed by atoms with Crippen LogP contribution in [0.15, 0.2) is 46.9 Å². The van der Waals surface area contributed by atoms with Crippen molar-refractivity contribution in [2.45, 2.75) is 6.42 Å². The van der Waals surface area contributed by atoms with Crippen LogP contribution in [0.3, 0.4) is 0 Å². The molecule has 2 aromatic rings. The minimum atomic E-state index is -0.0773. The maximum Gasteiger partial charge on any atom is 1.00 e. The van der Waals surface area contributed by atoms with Crippen molar-refractivity contribution in [1.29, 1.82) is 0 Å². The van der Waals surface area contributed by atoms with Crippen LogP contribution in [0.25, 0.3) is 0 Å². The number of hydrogen-bond donors (Lipinski definition) is 1. The van der Waals surface area contributed by atoms with Crippen LogP contribution in [0.4, 0.5) is 5.69 Å². The van der Waals surface area contributed by atoms with E-state index in [2.05, 4.69) is 21.2 Å². The first kappa shape index (κ1) is 15.4. The van der Waals surface area contributed by atoms with E-state index in [0.717, 1.165) is 10.0 Å². The van der Waals surface area contributed by atoms with Crippen molar-refractivity contribution in [1.82, 2.24) is 0 Å². The second-order valence-corrected chi connectivity index (χ2v) is 5.32. The molecular formula is C15H11BrNNaO2. The predicted octanol–water partition coefficient (Wildman–Crippen LogP) is 0.291. The number of fused-ring (bicyclic) bond motifs is 1. The van der Waals surface area contributed by atoms with Gasteiger partial charge in [-0.2, -0.15) is 0 Å². The molecule has 2 aromatic carbocycles. The molecule has 0 saturated heterocycles. The Hall–Kier alpha value is -0.940. The summed E-state index contributed by atoms with van der Waals surface area (Å²) in [5.41, 5.74) is 2.69. The van der Waals surface area contributed by atoms with Gasteiger partial charge in [0.25, 0.3) is 0 Å². The van der Waals surface area contributed by atoms with Gasteiger partial charge in [0.15, 0.2) is 5.78 Å². The molecule has 1 heterocycles. The SMILES string of the molecule is O=C1Cc2cccc(C(=O)c3ccc(Br)cc3)c2N1.[H-].[Na+]. The molecule has 1 aliphatic heterocycles. The molecule has 1 amide bonds. The number of carbonyl (C=O) groups excluding carboxylic acids is 2. The van der Waals surface area contributed by atoms with E-state index in [1.165, 1.54) is 0 Å². The number of halogens is 1. The topological polar surface area (TPSA) is 46.2 Å². The Morgan fingerprint density at radius 2 is 1.85 bits per heavy atom. The van der Waals surface area contributed by atoms with Crippen LogP contribution < -0.4 is 34.9 Å². The van der Waals surface area contributed by atoms with Crippen LogP contribution in [-0.4, -0.2) is 11.7 Å². The number of carbonyl (C=O) groups is 2. The van der Waals surface area contributed by atoms with Crippen molar-refractivity contribution < 1.29 is 40.6 Å². The summed E-state index contributed by atoms with van der Waals surface area (Å²) >= 11 is 3.34. The minimum absolute atomic E-state index is 0. The van der Waals surface area contributed by atoms with Gasteiger partial charge in [-0.3, -0.25) is 9.59 Å². The Labute approximate surface area is 148 Å². The Morgan fingerprint density at radius 1 is 1.15 bits per heavy atom. The maximum atomic E-state index is 12.5.